The van der Waals surface area contributed by atoms with Crippen LogP contribution in [0.5, 0.6) is 0 Å². The number of fused-ring (bicyclic) bond motifs is 2. The van der Waals surface area contributed by atoms with Crippen molar-refractivity contribution in [3.63, 3.8) is 0 Å². The summed E-state index contributed by atoms with van der Waals surface area (Å²) in [5, 5.41) is 2.55. The molecule has 1 aromatic rings. The number of nitrogens with zero attached hydrogens (tertiary/aromatic N) is 4. The molecule has 0 aromatic carbocycles. The SMILES string of the molecule is CNC(=O)c1cnc(N2CC3CCC(C2)N3C(=O)OC(C)(C)C)nc1. The second kappa shape index (κ2) is 6.50. The molecule has 0 spiro atoms. The van der Waals surface area contributed by atoms with E-state index < -0.39 is 5.60 Å². The van der Waals surface area contributed by atoms with Gasteiger partial charge in [0.15, 0.2) is 0 Å². The van der Waals surface area contributed by atoms with Crippen molar-refractivity contribution in [3.05, 3.63) is 18.0 Å². The van der Waals surface area contributed by atoms with Gasteiger partial charge in [0, 0.05) is 32.5 Å². The summed E-state index contributed by atoms with van der Waals surface area (Å²) < 4.78 is 5.55. The van der Waals surface area contributed by atoms with Gasteiger partial charge in [-0.1, -0.05) is 0 Å². The van der Waals surface area contributed by atoms with Crippen molar-refractivity contribution in [1.29, 1.82) is 0 Å². The molecule has 2 bridgehead atoms. The normalized spacial score (nSPS) is 22.7. The summed E-state index contributed by atoms with van der Waals surface area (Å²) in [5.74, 6) is 0.384. The Kier molecular flexibility index (Phi) is 4.53. The molecule has 0 aliphatic carbocycles. The third-order valence-electron chi connectivity index (χ3n) is 4.50. The zero-order chi connectivity index (χ0) is 18.2. The van der Waals surface area contributed by atoms with Gasteiger partial charge in [-0.25, -0.2) is 14.8 Å². The number of rotatable bonds is 2. The molecule has 0 saturated carbocycles. The molecule has 1 N–H and O–H groups in total. The number of hydrogen-bond donors (Lipinski definition) is 1. The van der Waals surface area contributed by atoms with Crippen LogP contribution in [0.15, 0.2) is 12.4 Å². The van der Waals surface area contributed by atoms with Gasteiger partial charge in [0.25, 0.3) is 5.91 Å². The molecular weight excluding hydrogens is 322 g/mol. The summed E-state index contributed by atoms with van der Waals surface area (Å²) in [6.07, 6.45) is 4.73. The Bertz CT molecular complexity index is 641. The monoisotopic (exact) mass is 347 g/mol. The average molecular weight is 347 g/mol. The minimum Gasteiger partial charge on any atom is -0.444 e. The minimum absolute atomic E-state index is 0.107. The average Bonchev–Trinajstić information content (AvgIpc) is 2.83. The molecule has 8 nitrogen and oxygen atoms in total. The molecule has 2 atom stereocenters. The summed E-state index contributed by atoms with van der Waals surface area (Å²) in [5.41, 5.74) is -0.0616. The number of carbonyl (C=O) groups is 2. The van der Waals surface area contributed by atoms with Crippen molar-refractivity contribution < 1.29 is 14.3 Å². The van der Waals surface area contributed by atoms with Gasteiger partial charge >= 0.3 is 6.09 Å². The van der Waals surface area contributed by atoms with E-state index >= 15 is 0 Å². The molecule has 3 rings (SSSR count). The molecule has 25 heavy (non-hydrogen) atoms. The number of hydrogen-bond acceptors (Lipinski definition) is 6. The van der Waals surface area contributed by atoms with Crippen molar-refractivity contribution in [2.75, 3.05) is 25.0 Å². The fourth-order valence-electron chi connectivity index (χ4n) is 3.43. The van der Waals surface area contributed by atoms with Gasteiger partial charge in [0.1, 0.15) is 5.60 Å². The van der Waals surface area contributed by atoms with Crippen LogP contribution < -0.4 is 10.2 Å². The molecule has 2 aliphatic rings. The maximum Gasteiger partial charge on any atom is 0.410 e. The van der Waals surface area contributed by atoms with Crippen LogP contribution in [-0.4, -0.2) is 64.7 Å². The van der Waals surface area contributed by atoms with Crippen LogP contribution in [0.25, 0.3) is 0 Å². The topological polar surface area (TPSA) is 87.7 Å². The molecular formula is C17H25N5O3. The van der Waals surface area contributed by atoms with Gasteiger partial charge in [-0.05, 0) is 33.6 Å². The Balaban J connectivity index is 1.69. The Hall–Kier alpha value is -2.38. The zero-order valence-corrected chi connectivity index (χ0v) is 15.2. The quantitative estimate of drug-likeness (QED) is 0.871. The first-order chi connectivity index (χ1) is 11.8. The van der Waals surface area contributed by atoms with E-state index in [9.17, 15) is 9.59 Å². The number of ether oxygens (including phenoxy) is 1. The third kappa shape index (κ3) is 3.67. The summed E-state index contributed by atoms with van der Waals surface area (Å²) in [6, 6.07) is 0.214. The van der Waals surface area contributed by atoms with Crippen LogP contribution in [0.1, 0.15) is 44.0 Å². The van der Waals surface area contributed by atoms with Crippen molar-refractivity contribution in [3.8, 4) is 0 Å². The van der Waals surface area contributed by atoms with Gasteiger partial charge in [-0.3, -0.25) is 9.69 Å². The smallest absolute Gasteiger partial charge is 0.410 e. The Labute approximate surface area is 147 Å². The number of amides is 2. The van der Waals surface area contributed by atoms with E-state index in [1.807, 2.05) is 25.7 Å². The predicted molar refractivity (Wildman–Crippen MR) is 92.5 cm³/mol. The summed E-state index contributed by atoms with van der Waals surface area (Å²) in [6.45, 7) is 6.99. The largest absolute Gasteiger partial charge is 0.444 e. The Morgan fingerprint density at radius 2 is 1.72 bits per heavy atom. The van der Waals surface area contributed by atoms with E-state index in [1.165, 1.54) is 12.4 Å². The highest BCUT2D eigenvalue weighted by Crippen LogP contribution is 2.32. The standard InChI is InChI=1S/C17H25N5O3/c1-17(2,3)25-16(24)22-12-5-6-13(22)10-21(9-12)15-19-7-11(8-20-15)14(23)18-4/h7-8,12-13H,5-6,9-10H2,1-4H3,(H,18,23). The van der Waals surface area contributed by atoms with Gasteiger partial charge in [-0.15, -0.1) is 0 Å². The molecule has 2 aliphatic heterocycles. The van der Waals surface area contributed by atoms with Crippen molar-refractivity contribution >= 4 is 17.9 Å². The predicted octanol–water partition coefficient (Wildman–Crippen LogP) is 1.42. The number of aromatic nitrogens is 2. The van der Waals surface area contributed by atoms with Crippen LogP contribution in [0.3, 0.4) is 0 Å². The van der Waals surface area contributed by atoms with E-state index in [0.717, 1.165) is 12.8 Å². The molecule has 1 aromatic heterocycles. The highest BCUT2D eigenvalue weighted by atomic mass is 16.6. The summed E-state index contributed by atoms with van der Waals surface area (Å²) >= 11 is 0. The maximum atomic E-state index is 12.5. The lowest BCUT2D eigenvalue weighted by molar-refractivity contribution is 0.0122. The number of carbonyl (C=O) groups excluding carboxylic acids is 2. The second-order valence-corrected chi connectivity index (χ2v) is 7.53. The summed E-state index contributed by atoms with van der Waals surface area (Å²) in [4.78, 5) is 36.7. The first kappa shape index (κ1) is 17.4. The van der Waals surface area contributed by atoms with Gasteiger partial charge in [0.2, 0.25) is 5.95 Å². The van der Waals surface area contributed by atoms with Crippen molar-refractivity contribution in [1.82, 2.24) is 20.2 Å². The van der Waals surface area contributed by atoms with Gasteiger partial charge in [0.05, 0.1) is 17.6 Å². The fraction of sp³-hybridized carbons (Fsp3) is 0.647. The number of nitrogens with one attached hydrogen (secondary N) is 1. The number of piperazine rings is 1. The van der Waals surface area contributed by atoms with Crippen molar-refractivity contribution in [2.45, 2.75) is 51.3 Å². The third-order valence-corrected chi connectivity index (χ3v) is 4.50. The molecule has 8 heteroatoms. The first-order valence-corrected chi connectivity index (χ1v) is 8.59. The lowest BCUT2D eigenvalue weighted by atomic mass is 10.2. The van der Waals surface area contributed by atoms with Crippen LogP contribution >= 0.6 is 0 Å². The minimum atomic E-state index is -0.494. The molecule has 136 valence electrons. The fourth-order valence-corrected chi connectivity index (χ4v) is 3.43. The molecule has 2 unspecified atom stereocenters. The number of anilines is 1. The van der Waals surface area contributed by atoms with E-state index in [-0.39, 0.29) is 24.1 Å². The van der Waals surface area contributed by atoms with E-state index in [2.05, 4.69) is 20.2 Å². The second-order valence-electron chi connectivity index (χ2n) is 7.53. The zero-order valence-electron chi connectivity index (χ0n) is 15.2. The lowest BCUT2D eigenvalue weighted by Gasteiger charge is -2.41. The van der Waals surface area contributed by atoms with Crippen LogP contribution in [0.2, 0.25) is 0 Å². The Morgan fingerprint density at radius 1 is 1.16 bits per heavy atom. The van der Waals surface area contributed by atoms with Crippen LogP contribution in [0.4, 0.5) is 10.7 Å². The molecule has 0 radical (unpaired) electrons. The van der Waals surface area contributed by atoms with Crippen LogP contribution in [-0.2, 0) is 4.74 Å². The first-order valence-electron chi connectivity index (χ1n) is 8.59. The van der Waals surface area contributed by atoms with Gasteiger partial charge in [-0.2, -0.15) is 0 Å². The lowest BCUT2D eigenvalue weighted by Crippen LogP contribution is -2.57. The highest BCUT2D eigenvalue weighted by Gasteiger charge is 2.44. The highest BCUT2D eigenvalue weighted by molar-refractivity contribution is 5.93. The van der Waals surface area contributed by atoms with E-state index in [0.29, 0.717) is 24.6 Å². The molecule has 2 saturated heterocycles. The van der Waals surface area contributed by atoms with Gasteiger partial charge < -0.3 is 15.0 Å². The van der Waals surface area contributed by atoms with E-state index in [1.54, 1.807) is 7.05 Å². The molecule has 2 fully saturated rings. The molecule has 2 amide bonds. The Morgan fingerprint density at radius 3 is 2.20 bits per heavy atom. The van der Waals surface area contributed by atoms with E-state index in [4.69, 9.17) is 4.74 Å². The molecule has 3 heterocycles. The summed E-state index contributed by atoms with van der Waals surface area (Å²) in [7, 11) is 1.57. The maximum absolute atomic E-state index is 12.5. The van der Waals surface area contributed by atoms with Crippen molar-refractivity contribution in [2.24, 2.45) is 0 Å². The van der Waals surface area contributed by atoms with Crippen LogP contribution in [0, 0.1) is 0 Å².